The first-order valence-corrected chi connectivity index (χ1v) is 9.65. The van der Waals surface area contributed by atoms with Gasteiger partial charge in [-0.3, -0.25) is 4.79 Å². The van der Waals surface area contributed by atoms with E-state index in [1.807, 2.05) is 24.3 Å². The summed E-state index contributed by atoms with van der Waals surface area (Å²) in [5, 5.41) is 4.29. The molecule has 0 aliphatic rings. The zero-order valence-electron chi connectivity index (χ0n) is 14.0. The van der Waals surface area contributed by atoms with E-state index in [0.717, 1.165) is 16.2 Å². The Hall–Kier alpha value is -1.73. The summed E-state index contributed by atoms with van der Waals surface area (Å²) in [7, 11) is 1.66. The Morgan fingerprint density at radius 1 is 1.23 bits per heavy atom. The number of carbonyl (C=O) groups is 1. The van der Waals surface area contributed by atoms with Crippen LogP contribution in [0.25, 0.3) is 11.0 Å². The number of nitrogens with one attached hydrogen (secondary N) is 1. The number of amides is 1. The lowest BCUT2D eigenvalue weighted by Crippen LogP contribution is -2.15. The summed E-state index contributed by atoms with van der Waals surface area (Å²) in [6, 6.07) is 13.0. The topological polar surface area (TPSA) is 56.1 Å². The van der Waals surface area contributed by atoms with Crippen LogP contribution in [0.3, 0.4) is 0 Å². The maximum Gasteiger partial charge on any atom is 0.234 e. The molecule has 0 fully saturated rings. The lowest BCUT2D eigenvalue weighted by molar-refractivity contribution is -0.113. The van der Waals surface area contributed by atoms with E-state index in [1.165, 1.54) is 11.8 Å². The van der Waals surface area contributed by atoms with Crippen molar-refractivity contribution in [3.05, 3.63) is 52.5 Å². The fourth-order valence-corrected chi connectivity index (χ4v) is 3.67. The van der Waals surface area contributed by atoms with Gasteiger partial charge in [0, 0.05) is 13.7 Å². The summed E-state index contributed by atoms with van der Waals surface area (Å²) >= 11 is 13.4. The highest BCUT2D eigenvalue weighted by Gasteiger charge is 2.14. The lowest BCUT2D eigenvalue weighted by Gasteiger charge is -2.09. The molecule has 136 valence electrons. The van der Waals surface area contributed by atoms with Gasteiger partial charge in [-0.1, -0.05) is 53.2 Å². The summed E-state index contributed by atoms with van der Waals surface area (Å²) in [6.45, 7) is 1.24. The zero-order chi connectivity index (χ0) is 18.5. The van der Waals surface area contributed by atoms with Gasteiger partial charge in [-0.25, -0.2) is 4.98 Å². The summed E-state index contributed by atoms with van der Waals surface area (Å²) < 4.78 is 7.24. The van der Waals surface area contributed by atoms with Gasteiger partial charge in [0.25, 0.3) is 0 Å². The van der Waals surface area contributed by atoms with Crippen molar-refractivity contribution < 1.29 is 9.53 Å². The van der Waals surface area contributed by atoms with Crippen molar-refractivity contribution in [2.75, 3.05) is 24.8 Å². The Morgan fingerprint density at radius 2 is 2.04 bits per heavy atom. The quantitative estimate of drug-likeness (QED) is 0.573. The molecular weight excluding hydrogens is 393 g/mol. The van der Waals surface area contributed by atoms with Gasteiger partial charge in [-0.15, -0.1) is 0 Å². The number of rotatable bonds is 7. The molecule has 3 aromatic rings. The van der Waals surface area contributed by atoms with E-state index in [2.05, 4.69) is 14.9 Å². The molecule has 0 saturated carbocycles. The molecule has 0 saturated heterocycles. The number of fused-ring (bicyclic) bond motifs is 1. The molecular formula is C18H17Cl2N3O2S. The van der Waals surface area contributed by atoms with E-state index in [0.29, 0.717) is 28.9 Å². The van der Waals surface area contributed by atoms with Crippen LogP contribution in [0.15, 0.2) is 47.6 Å². The predicted octanol–water partition coefficient (Wildman–Crippen LogP) is 4.72. The number of nitrogens with zero attached hydrogens (tertiary/aromatic N) is 2. The number of hydrogen-bond donors (Lipinski definition) is 1. The Morgan fingerprint density at radius 3 is 2.85 bits per heavy atom. The third-order valence-corrected chi connectivity index (χ3v) is 5.49. The average Bonchev–Trinajstić information content (AvgIpc) is 2.99. The number of benzene rings is 2. The van der Waals surface area contributed by atoms with Crippen LogP contribution in [-0.4, -0.2) is 34.9 Å². The lowest BCUT2D eigenvalue weighted by atomic mass is 10.3. The minimum atomic E-state index is -0.176. The maximum absolute atomic E-state index is 12.3. The van der Waals surface area contributed by atoms with Crippen molar-refractivity contribution in [1.29, 1.82) is 0 Å². The van der Waals surface area contributed by atoms with Crippen molar-refractivity contribution in [2.45, 2.75) is 11.7 Å². The number of aromatic nitrogens is 2. The molecule has 0 atom stereocenters. The zero-order valence-corrected chi connectivity index (χ0v) is 16.4. The Balaban J connectivity index is 1.72. The molecule has 0 bridgehead atoms. The van der Waals surface area contributed by atoms with Gasteiger partial charge in [0.2, 0.25) is 5.91 Å². The van der Waals surface area contributed by atoms with Gasteiger partial charge in [0.15, 0.2) is 5.16 Å². The SMILES string of the molecule is COCCn1c(SCC(=O)Nc2cccc(Cl)c2Cl)nc2ccccc21. The fourth-order valence-electron chi connectivity index (χ4n) is 2.48. The molecule has 8 heteroatoms. The van der Waals surface area contributed by atoms with Crippen molar-refractivity contribution in [1.82, 2.24) is 9.55 Å². The van der Waals surface area contributed by atoms with Crippen LogP contribution in [-0.2, 0) is 16.1 Å². The molecule has 0 radical (unpaired) electrons. The van der Waals surface area contributed by atoms with E-state index in [9.17, 15) is 4.79 Å². The molecule has 3 rings (SSSR count). The highest BCUT2D eigenvalue weighted by Crippen LogP contribution is 2.30. The maximum atomic E-state index is 12.3. The van der Waals surface area contributed by atoms with Crippen LogP contribution >= 0.6 is 35.0 Å². The number of ether oxygens (including phenoxy) is 1. The molecule has 1 aromatic heterocycles. The van der Waals surface area contributed by atoms with Gasteiger partial charge in [0.1, 0.15) is 0 Å². The van der Waals surface area contributed by atoms with Crippen molar-refractivity contribution in [2.24, 2.45) is 0 Å². The van der Waals surface area contributed by atoms with Gasteiger partial charge in [-0.2, -0.15) is 0 Å². The Kier molecular flexibility index (Phi) is 6.43. The number of halogens is 2. The molecule has 0 aliphatic carbocycles. The van der Waals surface area contributed by atoms with Gasteiger partial charge >= 0.3 is 0 Å². The molecule has 0 spiro atoms. The number of para-hydroxylation sites is 2. The normalized spacial score (nSPS) is 11.0. The number of imidazole rings is 1. The van der Waals surface area contributed by atoms with Gasteiger partial charge < -0.3 is 14.6 Å². The smallest absolute Gasteiger partial charge is 0.234 e. The third kappa shape index (κ3) is 4.32. The molecule has 1 amide bonds. The second-order valence-electron chi connectivity index (χ2n) is 5.47. The first kappa shape index (κ1) is 19.0. The van der Waals surface area contributed by atoms with Gasteiger partial charge in [0.05, 0.1) is 39.1 Å². The summed E-state index contributed by atoms with van der Waals surface area (Å²) in [5.41, 5.74) is 2.41. The summed E-state index contributed by atoms with van der Waals surface area (Å²) in [5.74, 6) is 0.0311. The molecule has 26 heavy (non-hydrogen) atoms. The van der Waals surface area contributed by atoms with Crippen molar-refractivity contribution in [3.8, 4) is 0 Å². The predicted molar refractivity (Wildman–Crippen MR) is 107 cm³/mol. The largest absolute Gasteiger partial charge is 0.383 e. The highest BCUT2D eigenvalue weighted by atomic mass is 35.5. The standard InChI is InChI=1S/C18H17Cl2N3O2S/c1-25-10-9-23-15-8-3-2-6-13(15)22-18(23)26-11-16(24)21-14-7-4-5-12(19)17(14)20/h2-8H,9-11H2,1H3,(H,21,24). The fraction of sp³-hybridized carbons (Fsp3) is 0.222. The minimum absolute atomic E-state index is 0.176. The summed E-state index contributed by atoms with van der Waals surface area (Å²) in [4.78, 5) is 16.9. The number of thioether (sulfide) groups is 1. The number of methoxy groups -OCH3 is 1. The molecule has 1 N–H and O–H groups in total. The Labute approximate surface area is 165 Å². The van der Waals surface area contributed by atoms with E-state index < -0.39 is 0 Å². The van der Waals surface area contributed by atoms with Crippen LogP contribution < -0.4 is 5.32 Å². The van der Waals surface area contributed by atoms with Crippen molar-refractivity contribution in [3.63, 3.8) is 0 Å². The van der Waals surface area contributed by atoms with Crippen LogP contribution in [0.5, 0.6) is 0 Å². The first-order valence-electron chi connectivity index (χ1n) is 7.91. The first-order chi connectivity index (χ1) is 12.6. The van der Waals surface area contributed by atoms with Crippen LogP contribution in [0, 0.1) is 0 Å². The molecule has 0 unspecified atom stereocenters. The average molecular weight is 410 g/mol. The van der Waals surface area contributed by atoms with Crippen molar-refractivity contribution >= 4 is 57.6 Å². The van der Waals surface area contributed by atoms with Crippen LogP contribution in [0.4, 0.5) is 5.69 Å². The summed E-state index contributed by atoms with van der Waals surface area (Å²) in [6.07, 6.45) is 0. The number of anilines is 1. The Bertz CT molecular complexity index is 930. The molecule has 0 aliphatic heterocycles. The number of hydrogen-bond acceptors (Lipinski definition) is 4. The molecule has 1 heterocycles. The second kappa shape index (κ2) is 8.77. The van der Waals surface area contributed by atoms with Gasteiger partial charge in [-0.05, 0) is 24.3 Å². The van der Waals surface area contributed by atoms with Crippen LogP contribution in [0.1, 0.15) is 0 Å². The minimum Gasteiger partial charge on any atom is -0.383 e. The monoisotopic (exact) mass is 409 g/mol. The highest BCUT2D eigenvalue weighted by molar-refractivity contribution is 7.99. The van der Waals surface area contributed by atoms with E-state index in [4.69, 9.17) is 27.9 Å². The van der Waals surface area contributed by atoms with E-state index >= 15 is 0 Å². The molecule has 5 nitrogen and oxygen atoms in total. The van der Waals surface area contributed by atoms with E-state index in [1.54, 1.807) is 25.3 Å². The van der Waals surface area contributed by atoms with E-state index in [-0.39, 0.29) is 11.7 Å². The second-order valence-corrected chi connectivity index (χ2v) is 7.19. The molecule has 2 aromatic carbocycles. The number of carbonyl (C=O) groups excluding carboxylic acids is 1. The van der Waals surface area contributed by atoms with Crippen LogP contribution in [0.2, 0.25) is 10.0 Å². The third-order valence-electron chi connectivity index (χ3n) is 3.70.